The summed E-state index contributed by atoms with van der Waals surface area (Å²) in [5.74, 6) is 0.995. The van der Waals surface area contributed by atoms with Gasteiger partial charge in [-0.3, -0.25) is 4.90 Å². The van der Waals surface area contributed by atoms with E-state index >= 15 is 0 Å². The molecule has 2 aliphatic heterocycles. The van der Waals surface area contributed by atoms with Crippen LogP contribution in [0.2, 0.25) is 0 Å². The van der Waals surface area contributed by atoms with Crippen LogP contribution in [0, 0.1) is 5.92 Å². The molecule has 2 aliphatic carbocycles. The highest BCUT2D eigenvalue weighted by Crippen LogP contribution is 2.40. The summed E-state index contributed by atoms with van der Waals surface area (Å²) in [6.07, 6.45) is 11.5. The minimum atomic E-state index is -0.276. The number of hydrogen-bond acceptors (Lipinski definition) is 5. The van der Waals surface area contributed by atoms with Gasteiger partial charge in [-0.1, -0.05) is 121 Å². The van der Waals surface area contributed by atoms with Gasteiger partial charge in [-0.25, -0.2) is 0 Å². The molecule has 8 rings (SSSR count). The predicted molar refractivity (Wildman–Crippen MR) is 206 cm³/mol. The molecule has 0 N–H and O–H groups in total. The van der Waals surface area contributed by atoms with Gasteiger partial charge in [-0.2, -0.15) is 0 Å². The third kappa shape index (κ3) is 11.7. The van der Waals surface area contributed by atoms with Gasteiger partial charge < -0.3 is 18.9 Å². The van der Waals surface area contributed by atoms with Crippen LogP contribution in [0.25, 0.3) is 0 Å². The van der Waals surface area contributed by atoms with Crippen LogP contribution in [0.4, 0.5) is 0 Å². The zero-order chi connectivity index (χ0) is 35.0. The zero-order valence-electron chi connectivity index (χ0n) is 30.2. The Balaban J connectivity index is 0.000000150. The molecule has 4 fully saturated rings. The van der Waals surface area contributed by atoms with Gasteiger partial charge in [-0.05, 0) is 66.7 Å². The van der Waals surface area contributed by atoms with Crippen LogP contribution in [0.1, 0.15) is 80.0 Å². The molecule has 4 aliphatic rings. The second-order valence-corrected chi connectivity index (χ2v) is 14.7. The van der Waals surface area contributed by atoms with Crippen molar-refractivity contribution in [1.29, 1.82) is 0 Å². The normalized spacial score (nSPS) is 20.8. The van der Waals surface area contributed by atoms with Crippen molar-refractivity contribution < 1.29 is 18.9 Å². The summed E-state index contributed by atoms with van der Waals surface area (Å²) in [4.78, 5) is 2.63. The van der Waals surface area contributed by atoms with E-state index in [-0.39, 0.29) is 11.6 Å². The molecule has 4 aromatic carbocycles. The van der Waals surface area contributed by atoms with Gasteiger partial charge in [0.25, 0.3) is 0 Å². The Morgan fingerprint density at radius 3 is 1.25 bits per heavy atom. The first kappa shape index (κ1) is 37.7. The number of alkyl halides is 1. The van der Waals surface area contributed by atoms with Crippen molar-refractivity contribution in [3.05, 3.63) is 144 Å². The molecule has 2 heterocycles. The van der Waals surface area contributed by atoms with Crippen LogP contribution in [0.15, 0.2) is 121 Å². The van der Waals surface area contributed by atoms with E-state index in [1.54, 1.807) is 0 Å². The summed E-state index contributed by atoms with van der Waals surface area (Å²) in [5.41, 5.74) is 5.40. The van der Waals surface area contributed by atoms with Crippen molar-refractivity contribution in [2.24, 2.45) is 5.92 Å². The Bertz CT molecular complexity index is 1450. The van der Waals surface area contributed by atoms with Crippen molar-refractivity contribution >= 4 is 11.6 Å². The van der Waals surface area contributed by atoms with Crippen molar-refractivity contribution in [2.75, 3.05) is 26.4 Å². The monoisotopic (exact) mass is 709 g/mol. The second-order valence-electron chi connectivity index (χ2n) is 14.4. The van der Waals surface area contributed by atoms with Gasteiger partial charge >= 0.3 is 0 Å². The van der Waals surface area contributed by atoms with Gasteiger partial charge in [0.05, 0.1) is 26.4 Å². The SMILES string of the molecule is ClCc1ccccc1.c1ccc(CCC2CCC3(CC2)OCCO3)cc1.c1ccc(CN(Cc2ccccc2)C2CCC3(CC2)OCCO3)cc1. The first-order valence-corrected chi connectivity index (χ1v) is 19.7. The van der Waals surface area contributed by atoms with Crippen molar-refractivity contribution in [2.45, 2.75) is 101 Å². The molecule has 51 heavy (non-hydrogen) atoms. The molecule has 6 heteroatoms. The summed E-state index contributed by atoms with van der Waals surface area (Å²) < 4.78 is 23.4. The number of hydrogen-bond donors (Lipinski definition) is 0. The fourth-order valence-corrected chi connectivity index (χ4v) is 8.10. The molecule has 5 nitrogen and oxygen atoms in total. The number of rotatable bonds is 9. The van der Waals surface area contributed by atoms with Crippen LogP contribution in [-0.4, -0.2) is 48.9 Å². The first-order chi connectivity index (χ1) is 25.1. The highest BCUT2D eigenvalue weighted by molar-refractivity contribution is 6.17. The maximum atomic E-state index is 5.91. The lowest BCUT2D eigenvalue weighted by Gasteiger charge is -2.40. The molecule has 272 valence electrons. The maximum Gasteiger partial charge on any atom is 0.168 e. The molecule has 0 bridgehead atoms. The zero-order valence-corrected chi connectivity index (χ0v) is 30.9. The molecular formula is C45H56ClNO4. The second kappa shape index (κ2) is 19.7. The number of nitrogens with zero attached hydrogens (tertiary/aromatic N) is 1. The van der Waals surface area contributed by atoms with E-state index in [9.17, 15) is 0 Å². The molecule has 0 atom stereocenters. The average Bonchev–Trinajstić information content (AvgIpc) is 3.86. The van der Waals surface area contributed by atoms with E-state index in [2.05, 4.69) is 95.9 Å². The smallest absolute Gasteiger partial charge is 0.168 e. The summed E-state index contributed by atoms with van der Waals surface area (Å²) in [5, 5.41) is 0. The third-order valence-electron chi connectivity index (χ3n) is 10.9. The third-order valence-corrected chi connectivity index (χ3v) is 11.2. The van der Waals surface area contributed by atoms with E-state index in [1.807, 2.05) is 30.3 Å². The largest absolute Gasteiger partial charge is 0.348 e. The molecule has 4 aromatic rings. The molecule has 2 spiro atoms. The van der Waals surface area contributed by atoms with E-state index in [0.29, 0.717) is 11.9 Å². The molecule has 0 unspecified atom stereocenters. The summed E-state index contributed by atoms with van der Waals surface area (Å²) >= 11 is 5.53. The van der Waals surface area contributed by atoms with Gasteiger partial charge in [0.2, 0.25) is 0 Å². The molecule has 0 radical (unpaired) electrons. The van der Waals surface area contributed by atoms with Crippen LogP contribution < -0.4 is 0 Å². The lowest BCUT2D eigenvalue weighted by molar-refractivity contribution is -0.184. The fraction of sp³-hybridized carbons (Fsp3) is 0.467. The van der Waals surface area contributed by atoms with Crippen molar-refractivity contribution in [3.8, 4) is 0 Å². The molecular weight excluding hydrogens is 654 g/mol. The standard InChI is InChI=1S/C22H27NO2.C16H22O2.C7H7Cl/c1-3-7-19(8-4-1)17-23(18-20-9-5-2-6-10-20)21-11-13-22(14-12-21)24-15-16-25-22;1-2-4-14(5-3-1)6-7-15-8-10-16(11-9-15)17-12-13-18-16;8-6-7-4-2-1-3-5-7/h1-10,21H,11-18H2;1-5,15H,6-13H2;1-5H,6H2. The minimum absolute atomic E-state index is 0.191. The highest BCUT2D eigenvalue weighted by Gasteiger charge is 2.42. The van der Waals surface area contributed by atoms with Gasteiger partial charge in [0.1, 0.15) is 0 Å². The number of aryl methyl sites for hydroxylation is 1. The Hall–Kier alpha value is -3.03. The molecule has 0 amide bonds. The first-order valence-electron chi connectivity index (χ1n) is 19.1. The average molecular weight is 710 g/mol. The Morgan fingerprint density at radius 2 is 0.863 bits per heavy atom. The molecule has 2 saturated carbocycles. The summed E-state index contributed by atoms with van der Waals surface area (Å²) in [6, 6.07) is 43.0. The minimum Gasteiger partial charge on any atom is -0.348 e. The van der Waals surface area contributed by atoms with Gasteiger partial charge in [0, 0.05) is 50.7 Å². The molecule has 0 aromatic heterocycles. The number of benzene rings is 4. The topological polar surface area (TPSA) is 40.2 Å². The number of ether oxygens (including phenoxy) is 4. The van der Waals surface area contributed by atoms with Crippen molar-refractivity contribution in [1.82, 2.24) is 4.90 Å². The van der Waals surface area contributed by atoms with E-state index in [0.717, 1.165) is 84.0 Å². The maximum absolute atomic E-state index is 5.91. The van der Waals surface area contributed by atoms with E-state index in [1.165, 1.54) is 47.9 Å². The van der Waals surface area contributed by atoms with Gasteiger partial charge in [0.15, 0.2) is 11.6 Å². The van der Waals surface area contributed by atoms with Crippen LogP contribution in [0.5, 0.6) is 0 Å². The Labute approximate surface area is 311 Å². The van der Waals surface area contributed by atoms with E-state index in [4.69, 9.17) is 30.5 Å². The molecule has 2 saturated heterocycles. The predicted octanol–water partition coefficient (Wildman–Crippen LogP) is 10.4. The fourth-order valence-electron chi connectivity index (χ4n) is 7.92. The van der Waals surface area contributed by atoms with Crippen LogP contribution >= 0.6 is 11.6 Å². The lowest BCUT2D eigenvalue weighted by Crippen LogP contribution is -2.43. The number of halogens is 1. The van der Waals surface area contributed by atoms with E-state index < -0.39 is 0 Å². The quantitative estimate of drug-likeness (QED) is 0.162. The highest BCUT2D eigenvalue weighted by atomic mass is 35.5. The van der Waals surface area contributed by atoms with Crippen molar-refractivity contribution in [3.63, 3.8) is 0 Å². The Morgan fingerprint density at radius 1 is 0.490 bits per heavy atom. The summed E-state index contributed by atoms with van der Waals surface area (Å²) in [7, 11) is 0. The van der Waals surface area contributed by atoms with Crippen LogP contribution in [-0.2, 0) is 44.3 Å². The lowest BCUT2D eigenvalue weighted by atomic mass is 9.82. The summed E-state index contributed by atoms with van der Waals surface area (Å²) in [6.45, 7) is 5.07. The Kier molecular flexibility index (Phi) is 14.6. The van der Waals surface area contributed by atoms with Gasteiger partial charge in [-0.15, -0.1) is 11.6 Å². The van der Waals surface area contributed by atoms with Crippen LogP contribution in [0.3, 0.4) is 0 Å².